The Hall–Kier alpha value is -0.940. The number of aliphatic carboxylic acids is 1. The molecule has 0 aliphatic carbocycles. The molecule has 6 heteroatoms. The summed E-state index contributed by atoms with van der Waals surface area (Å²) in [6.07, 6.45) is 0. The topological polar surface area (TPSA) is 54.4 Å². The Kier molecular flexibility index (Phi) is 5.08. The van der Waals surface area contributed by atoms with E-state index < -0.39 is 28.5 Å². The summed E-state index contributed by atoms with van der Waals surface area (Å²) >= 11 is 5.59. The fourth-order valence-corrected chi connectivity index (χ4v) is 2.80. The smallest absolute Gasteiger partial charge is 0.307 e. The van der Waals surface area contributed by atoms with Gasteiger partial charge in [0.2, 0.25) is 0 Å². The van der Waals surface area contributed by atoms with Crippen molar-refractivity contribution in [2.75, 3.05) is 5.75 Å². The Morgan fingerprint density at radius 3 is 2.76 bits per heavy atom. The van der Waals surface area contributed by atoms with Gasteiger partial charge in [0, 0.05) is 22.3 Å². The van der Waals surface area contributed by atoms with E-state index >= 15 is 0 Å². The molecule has 0 aliphatic heterocycles. The van der Waals surface area contributed by atoms with Crippen LogP contribution in [0.15, 0.2) is 18.2 Å². The predicted molar refractivity (Wildman–Crippen MR) is 64.9 cm³/mol. The molecule has 0 aliphatic rings. The fraction of sp³-hybridized carbons (Fsp3) is 0.364. The number of carboxylic acid groups (broad SMARTS) is 1. The first kappa shape index (κ1) is 14.1. The third kappa shape index (κ3) is 4.44. The van der Waals surface area contributed by atoms with Crippen LogP contribution in [0.1, 0.15) is 12.5 Å². The first-order chi connectivity index (χ1) is 7.90. The first-order valence-electron chi connectivity index (χ1n) is 4.92. The molecule has 0 aromatic heterocycles. The van der Waals surface area contributed by atoms with Crippen LogP contribution in [0.2, 0.25) is 5.02 Å². The molecule has 1 aromatic carbocycles. The van der Waals surface area contributed by atoms with Crippen molar-refractivity contribution in [3.63, 3.8) is 0 Å². The normalized spacial score (nSPS) is 14.3. The SMILES string of the molecule is CC(CS(=O)Cc1ccc(F)c(Cl)c1)C(=O)O. The number of carbonyl (C=O) groups is 1. The van der Waals surface area contributed by atoms with Crippen LogP contribution in [0.3, 0.4) is 0 Å². The molecule has 0 saturated carbocycles. The molecule has 0 heterocycles. The van der Waals surface area contributed by atoms with Crippen LogP contribution in [0.4, 0.5) is 4.39 Å². The molecule has 2 unspecified atom stereocenters. The van der Waals surface area contributed by atoms with Gasteiger partial charge in [-0.1, -0.05) is 24.6 Å². The molecule has 0 amide bonds. The van der Waals surface area contributed by atoms with Crippen molar-refractivity contribution >= 4 is 28.4 Å². The van der Waals surface area contributed by atoms with Crippen molar-refractivity contribution in [3.05, 3.63) is 34.6 Å². The lowest BCUT2D eigenvalue weighted by Crippen LogP contribution is -2.18. The molecule has 0 radical (unpaired) electrons. The molecule has 0 spiro atoms. The Balaban J connectivity index is 2.62. The summed E-state index contributed by atoms with van der Waals surface area (Å²) in [5.74, 6) is -1.91. The molecule has 0 saturated heterocycles. The Labute approximate surface area is 106 Å². The van der Waals surface area contributed by atoms with Gasteiger partial charge in [-0.05, 0) is 17.7 Å². The first-order valence-corrected chi connectivity index (χ1v) is 6.78. The molecule has 1 rings (SSSR count). The van der Waals surface area contributed by atoms with Crippen LogP contribution in [0.5, 0.6) is 0 Å². The van der Waals surface area contributed by atoms with E-state index in [2.05, 4.69) is 0 Å². The second-order valence-electron chi connectivity index (χ2n) is 3.74. The molecule has 94 valence electrons. The van der Waals surface area contributed by atoms with Crippen molar-refractivity contribution in [1.29, 1.82) is 0 Å². The zero-order chi connectivity index (χ0) is 13.0. The lowest BCUT2D eigenvalue weighted by Gasteiger charge is -2.06. The van der Waals surface area contributed by atoms with Crippen LogP contribution in [-0.4, -0.2) is 21.0 Å². The largest absolute Gasteiger partial charge is 0.481 e. The highest BCUT2D eigenvalue weighted by Crippen LogP contribution is 2.17. The zero-order valence-electron chi connectivity index (χ0n) is 9.15. The summed E-state index contributed by atoms with van der Waals surface area (Å²) in [7, 11) is -1.30. The van der Waals surface area contributed by atoms with Crippen molar-refractivity contribution in [2.24, 2.45) is 5.92 Å². The second-order valence-corrected chi connectivity index (χ2v) is 5.65. The number of carboxylic acids is 1. The lowest BCUT2D eigenvalue weighted by molar-refractivity contribution is -0.140. The minimum Gasteiger partial charge on any atom is -0.481 e. The third-order valence-electron chi connectivity index (χ3n) is 2.17. The zero-order valence-corrected chi connectivity index (χ0v) is 10.7. The van der Waals surface area contributed by atoms with E-state index in [-0.39, 0.29) is 16.5 Å². The Morgan fingerprint density at radius 1 is 1.59 bits per heavy atom. The standard InChI is InChI=1S/C11H12ClFO3S/c1-7(11(14)15)5-17(16)6-8-2-3-10(13)9(12)4-8/h2-4,7H,5-6H2,1H3,(H,14,15). The number of hydrogen-bond donors (Lipinski definition) is 1. The van der Waals surface area contributed by atoms with E-state index in [9.17, 15) is 13.4 Å². The van der Waals surface area contributed by atoms with Crippen LogP contribution >= 0.6 is 11.6 Å². The fourth-order valence-electron chi connectivity index (χ4n) is 1.22. The number of halogens is 2. The van der Waals surface area contributed by atoms with Crippen LogP contribution in [-0.2, 0) is 21.3 Å². The van der Waals surface area contributed by atoms with Gasteiger partial charge in [0.1, 0.15) is 5.82 Å². The van der Waals surface area contributed by atoms with Gasteiger partial charge in [-0.25, -0.2) is 4.39 Å². The van der Waals surface area contributed by atoms with E-state index in [0.29, 0.717) is 5.56 Å². The van der Waals surface area contributed by atoms with E-state index in [1.165, 1.54) is 25.1 Å². The van der Waals surface area contributed by atoms with E-state index in [0.717, 1.165) is 0 Å². The molecule has 1 aromatic rings. The maximum absolute atomic E-state index is 12.9. The van der Waals surface area contributed by atoms with Gasteiger partial charge < -0.3 is 5.11 Å². The summed E-state index contributed by atoms with van der Waals surface area (Å²) in [5, 5.41) is 8.65. The van der Waals surface area contributed by atoms with Crippen LogP contribution in [0, 0.1) is 11.7 Å². The highest BCUT2D eigenvalue weighted by molar-refractivity contribution is 7.84. The maximum atomic E-state index is 12.9. The van der Waals surface area contributed by atoms with Crippen LogP contribution in [0.25, 0.3) is 0 Å². The van der Waals surface area contributed by atoms with Crippen molar-refractivity contribution in [2.45, 2.75) is 12.7 Å². The second kappa shape index (κ2) is 6.12. The molecular weight excluding hydrogens is 267 g/mol. The average Bonchev–Trinajstić information content (AvgIpc) is 2.23. The molecule has 0 fully saturated rings. The number of rotatable bonds is 5. The monoisotopic (exact) mass is 278 g/mol. The summed E-state index contributed by atoms with van der Waals surface area (Å²) < 4.78 is 24.5. The van der Waals surface area contributed by atoms with Crippen molar-refractivity contribution in [1.82, 2.24) is 0 Å². The molecule has 0 bridgehead atoms. The molecule has 1 N–H and O–H groups in total. The molecule has 17 heavy (non-hydrogen) atoms. The van der Waals surface area contributed by atoms with Gasteiger partial charge >= 0.3 is 5.97 Å². The minimum atomic E-state index is -1.30. The van der Waals surface area contributed by atoms with Gasteiger partial charge in [0.05, 0.1) is 10.9 Å². The molecular formula is C11H12ClFO3S. The Bertz CT molecular complexity index is 450. The average molecular weight is 279 g/mol. The van der Waals surface area contributed by atoms with Crippen molar-refractivity contribution < 1.29 is 18.5 Å². The van der Waals surface area contributed by atoms with Gasteiger partial charge in [0.25, 0.3) is 0 Å². The van der Waals surface area contributed by atoms with Gasteiger partial charge in [0.15, 0.2) is 0 Å². The predicted octanol–water partition coefficient (Wildman–Crippen LogP) is 2.45. The number of hydrogen-bond acceptors (Lipinski definition) is 2. The highest BCUT2D eigenvalue weighted by Gasteiger charge is 2.15. The number of benzene rings is 1. The summed E-state index contributed by atoms with van der Waals surface area (Å²) in [6.45, 7) is 1.50. The van der Waals surface area contributed by atoms with Gasteiger partial charge in [-0.3, -0.25) is 9.00 Å². The lowest BCUT2D eigenvalue weighted by atomic mass is 10.2. The minimum absolute atomic E-state index is 0.0224. The summed E-state index contributed by atoms with van der Waals surface area (Å²) in [6, 6.07) is 4.10. The van der Waals surface area contributed by atoms with Crippen LogP contribution < -0.4 is 0 Å². The molecule has 2 atom stereocenters. The molecule has 3 nitrogen and oxygen atoms in total. The van der Waals surface area contributed by atoms with Gasteiger partial charge in [-0.15, -0.1) is 0 Å². The van der Waals surface area contributed by atoms with Gasteiger partial charge in [-0.2, -0.15) is 0 Å². The summed E-state index contributed by atoms with van der Waals surface area (Å²) in [4.78, 5) is 10.6. The third-order valence-corrected chi connectivity index (χ3v) is 3.99. The van der Waals surface area contributed by atoms with Crippen molar-refractivity contribution in [3.8, 4) is 0 Å². The van der Waals surface area contributed by atoms with E-state index in [1.54, 1.807) is 0 Å². The van der Waals surface area contributed by atoms with E-state index in [4.69, 9.17) is 16.7 Å². The van der Waals surface area contributed by atoms with E-state index in [1.807, 2.05) is 0 Å². The Morgan fingerprint density at radius 2 is 2.24 bits per heavy atom. The summed E-state index contributed by atoms with van der Waals surface area (Å²) in [5.41, 5.74) is 0.632. The quantitative estimate of drug-likeness (QED) is 0.900. The highest BCUT2D eigenvalue weighted by atomic mass is 35.5. The maximum Gasteiger partial charge on any atom is 0.307 e.